The second-order valence-electron chi connectivity index (χ2n) is 3.73. The molecule has 14 heavy (non-hydrogen) atoms. The highest BCUT2D eigenvalue weighted by molar-refractivity contribution is 7.98. The van der Waals surface area contributed by atoms with E-state index in [0.717, 1.165) is 18.0 Å². The van der Waals surface area contributed by atoms with E-state index in [-0.39, 0.29) is 5.41 Å². The molecule has 0 N–H and O–H groups in total. The van der Waals surface area contributed by atoms with Crippen molar-refractivity contribution in [2.45, 2.75) is 44.2 Å². The lowest BCUT2D eigenvalue weighted by Crippen LogP contribution is -2.20. The van der Waals surface area contributed by atoms with Crippen molar-refractivity contribution in [3.8, 4) is 0 Å². The van der Waals surface area contributed by atoms with Gasteiger partial charge in [0.1, 0.15) is 0 Å². The summed E-state index contributed by atoms with van der Waals surface area (Å²) in [6, 6.07) is 0. The summed E-state index contributed by atoms with van der Waals surface area (Å²) in [6.45, 7) is 6.70. The first-order valence-electron chi connectivity index (χ1n) is 5.02. The van der Waals surface area contributed by atoms with Crippen LogP contribution in [0.3, 0.4) is 0 Å². The maximum atomic E-state index is 4.31. The van der Waals surface area contributed by atoms with Crippen molar-refractivity contribution in [3.63, 3.8) is 0 Å². The Hall–Kier alpha value is -0.570. The van der Waals surface area contributed by atoms with E-state index in [0.29, 0.717) is 0 Å². The molecule has 0 saturated carbocycles. The van der Waals surface area contributed by atoms with Gasteiger partial charge in [-0.15, -0.1) is 0 Å². The molecule has 1 rings (SSSR count). The van der Waals surface area contributed by atoms with Gasteiger partial charge in [-0.2, -0.15) is 0 Å². The molecule has 0 unspecified atom stereocenters. The van der Waals surface area contributed by atoms with E-state index >= 15 is 0 Å². The number of hydrogen-bond donors (Lipinski definition) is 0. The van der Waals surface area contributed by atoms with Crippen LogP contribution in [-0.4, -0.2) is 16.2 Å². The average molecular weight is 210 g/mol. The van der Waals surface area contributed by atoms with Gasteiger partial charge in [0.25, 0.3) is 0 Å². The maximum absolute atomic E-state index is 4.31. The van der Waals surface area contributed by atoms with Crippen molar-refractivity contribution in [1.82, 2.24) is 9.97 Å². The largest absolute Gasteiger partial charge is 0.231 e. The molecule has 0 aliphatic heterocycles. The minimum absolute atomic E-state index is 0.233. The van der Waals surface area contributed by atoms with Crippen molar-refractivity contribution in [2.24, 2.45) is 0 Å². The van der Waals surface area contributed by atoms with E-state index in [9.17, 15) is 0 Å². The average Bonchev–Trinajstić information content (AvgIpc) is 2.28. The van der Waals surface area contributed by atoms with Crippen LogP contribution in [-0.2, 0) is 5.41 Å². The maximum Gasteiger partial charge on any atom is 0.187 e. The van der Waals surface area contributed by atoms with Crippen molar-refractivity contribution in [1.29, 1.82) is 0 Å². The molecule has 1 heterocycles. The highest BCUT2D eigenvalue weighted by atomic mass is 32.2. The number of aromatic nitrogens is 2. The summed E-state index contributed by atoms with van der Waals surface area (Å²) in [5.41, 5.74) is 1.48. The smallest absolute Gasteiger partial charge is 0.187 e. The molecule has 0 radical (unpaired) electrons. The van der Waals surface area contributed by atoms with Crippen molar-refractivity contribution < 1.29 is 0 Å². The third kappa shape index (κ3) is 2.27. The molecule has 0 aromatic carbocycles. The second kappa shape index (κ2) is 4.78. The molecule has 0 fully saturated rings. The Morgan fingerprint density at radius 3 is 2.07 bits per heavy atom. The molecule has 0 amide bonds. The summed E-state index contributed by atoms with van der Waals surface area (Å²) < 4.78 is 0. The zero-order valence-corrected chi connectivity index (χ0v) is 10.2. The predicted octanol–water partition coefficient (Wildman–Crippen LogP) is 3.28. The SMILES string of the molecule is CCC(C)(CC)c1cnc(SC)nc1. The Morgan fingerprint density at radius 1 is 1.21 bits per heavy atom. The van der Waals surface area contributed by atoms with Gasteiger partial charge in [-0.25, -0.2) is 9.97 Å². The Balaban J connectivity index is 2.95. The predicted molar refractivity (Wildman–Crippen MR) is 61.7 cm³/mol. The van der Waals surface area contributed by atoms with Crippen LogP contribution in [0.2, 0.25) is 0 Å². The van der Waals surface area contributed by atoms with Gasteiger partial charge < -0.3 is 0 Å². The Kier molecular flexibility index (Phi) is 3.93. The lowest BCUT2D eigenvalue weighted by Gasteiger charge is -2.26. The highest BCUT2D eigenvalue weighted by Crippen LogP contribution is 2.30. The van der Waals surface area contributed by atoms with Crippen LogP contribution in [0.25, 0.3) is 0 Å². The first-order valence-corrected chi connectivity index (χ1v) is 6.25. The number of nitrogens with zero attached hydrogens (tertiary/aromatic N) is 2. The van der Waals surface area contributed by atoms with Gasteiger partial charge >= 0.3 is 0 Å². The fraction of sp³-hybridized carbons (Fsp3) is 0.636. The minimum atomic E-state index is 0.233. The third-order valence-electron chi connectivity index (χ3n) is 3.07. The standard InChI is InChI=1S/C11H18N2S/c1-5-11(3,6-2)9-7-12-10(14-4)13-8-9/h7-8H,5-6H2,1-4H3. The van der Waals surface area contributed by atoms with Gasteiger partial charge in [0.05, 0.1) is 0 Å². The van der Waals surface area contributed by atoms with Crippen molar-refractivity contribution in [3.05, 3.63) is 18.0 Å². The summed E-state index contributed by atoms with van der Waals surface area (Å²) in [4.78, 5) is 8.62. The molecule has 0 aliphatic carbocycles. The molecular weight excluding hydrogens is 192 g/mol. The Morgan fingerprint density at radius 2 is 1.71 bits per heavy atom. The first kappa shape index (κ1) is 11.5. The lowest BCUT2D eigenvalue weighted by molar-refractivity contribution is 0.434. The van der Waals surface area contributed by atoms with E-state index in [1.165, 1.54) is 5.56 Å². The molecule has 0 spiro atoms. The van der Waals surface area contributed by atoms with E-state index in [1.54, 1.807) is 11.8 Å². The monoisotopic (exact) mass is 210 g/mol. The van der Waals surface area contributed by atoms with E-state index in [4.69, 9.17) is 0 Å². The molecule has 1 aromatic rings. The third-order valence-corrected chi connectivity index (χ3v) is 3.64. The molecule has 0 saturated heterocycles. The summed E-state index contributed by atoms with van der Waals surface area (Å²) >= 11 is 1.58. The number of hydrogen-bond acceptors (Lipinski definition) is 3. The molecular formula is C11H18N2S. The molecule has 1 aromatic heterocycles. The van der Waals surface area contributed by atoms with Gasteiger partial charge in [0.2, 0.25) is 0 Å². The topological polar surface area (TPSA) is 25.8 Å². The van der Waals surface area contributed by atoms with Gasteiger partial charge in [-0.1, -0.05) is 32.5 Å². The zero-order chi connectivity index (χ0) is 10.6. The van der Waals surface area contributed by atoms with Gasteiger partial charge in [-0.05, 0) is 30.1 Å². The van der Waals surface area contributed by atoms with E-state index < -0.39 is 0 Å². The second-order valence-corrected chi connectivity index (χ2v) is 4.50. The summed E-state index contributed by atoms with van der Waals surface area (Å²) in [5, 5.41) is 0.850. The molecule has 0 bridgehead atoms. The normalized spacial score (nSPS) is 11.7. The van der Waals surface area contributed by atoms with Crippen LogP contribution in [0, 0.1) is 0 Å². The summed E-state index contributed by atoms with van der Waals surface area (Å²) in [5.74, 6) is 0. The first-order chi connectivity index (χ1) is 6.66. The Bertz CT molecular complexity index is 278. The van der Waals surface area contributed by atoms with Crippen LogP contribution >= 0.6 is 11.8 Å². The van der Waals surface area contributed by atoms with Crippen LogP contribution in [0.5, 0.6) is 0 Å². The van der Waals surface area contributed by atoms with Gasteiger partial charge in [0.15, 0.2) is 5.16 Å². The summed E-state index contributed by atoms with van der Waals surface area (Å²) in [7, 11) is 0. The van der Waals surface area contributed by atoms with Crippen LogP contribution < -0.4 is 0 Å². The fourth-order valence-electron chi connectivity index (χ4n) is 1.39. The summed E-state index contributed by atoms with van der Waals surface area (Å²) in [6.07, 6.45) is 8.18. The van der Waals surface area contributed by atoms with Crippen LogP contribution in [0.1, 0.15) is 39.2 Å². The fourth-order valence-corrected chi connectivity index (χ4v) is 1.71. The van der Waals surface area contributed by atoms with E-state index in [1.807, 2.05) is 18.6 Å². The van der Waals surface area contributed by atoms with E-state index in [2.05, 4.69) is 30.7 Å². The van der Waals surface area contributed by atoms with Crippen LogP contribution in [0.15, 0.2) is 17.6 Å². The molecule has 0 aliphatic rings. The van der Waals surface area contributed by atoms with Crippen molar-refractivity contribution >= 4 is 11.8 Å². The zero-order valence-electron chi connectivity index (χ0n) is 9.37. The minimum Gasteiger partial charge on any atom is -0.231 e. The highest BCUT2D eigenvalue weighted by Gasteiger charge is 2.22. The molecule has 3 heteroatoms. The quantitative estimate of drug-likeness (QED) is 0.563. The van der Waals surface area contributed by atoms with Crippen LogP contribution in [0.4, 0.5) is 0 Å². The lowest BCUT2D eigenvalue weighted by atomic mass is 9.79. The van der Waals surface area contributed by atoms with Gasteiger partial charge in [0, 0.05) is 12.4 Å². The molecule has 0 atom stereocenters. The Labute approximate surface area is 90.5 Å². The number of rotatable bonds is 4. The molecule has 78 valence electrons. The van der Waals surface area contributed by atoms with Gasteiger partial charge in [-0.3, -0.25) is 0 Å². The molecule has 2 nitrogen and oxygen atoms in total. The van der Waals surface area contributed by atoms with Crippen molar-refractivity contribution in [2.75, 3.05) is 6.26 Å². The number of thioether (sulfide) groups is 1.